The van der Waals surface area contributed by atoms with Gasteiger partial charge in [0.25, 0.3) is 0 Å². The van der Waals surface area contributed by atoms with E-state index in [2.05, 4.69) is 26.0 Å². The first-order chi connectivity index (χ1) is 11.6. The summed E-state index contributed by atoms with van der Waals surface area (Å²) < 4.78 is 6.52. The lowest BCUT2D eigenvalue weighted by Gasteiger charge is -2.29. The predicted octanol–water partition coefficient (Wildman–Crippen LogP) is 3.73. The zero-order valence-electron chi connectivity index (χ0n) is 14.5. The smallest absolute Gasteiger partial charge is 0.139 e. The molecule has 0 bridgehead atoms. The summed E-state index contributed by atoms with van der Waals surface area (Å²) >= 11 is 0. The Bertz CT molecular complexity index is 1010. The summed E-state index contributed by atoms with van der Waals surface area (Å²) in [5.41, 5.74) is 15.2. The fourth-order valence-corrected chi connectivity index (χ4v) is 4.78. The van der Waals surface area contributed by atoms with Crippen LogP contribution in [0.25, 0.3) is 11.1 Å². The molecule has 0 saturated carbocycles. The lowest BCUT2D eigenvalue weighted by Crippen LogP contribution is -2.32. The van der Waals surface area contributed by atoms with Gasteiger partial charge in [-0.05, 0) is 86.9 Å². The Labute approximate surface area is 142 Å². The summed E-state index contributed by atoms with van der Waals surface area (Å²) in [5, 5.41) is 2.84. The molecule has 0 fully saturated rings. The standard InChI is InChI=1S/C22H23NO/c1-12-16-9-10-19(23)13(2)21(16)24-22-17-8-4-6-14-5-3-7-15(20(14)17)11-18(12)22/h9-11H,3-8,23H2,1-2H3. The highest BCUT2D eigenvalue weighted by Gasteiger charge is 2.26. The van der Waals surface area contributed by atoms with Gasteiger partial charge < -0.3 is 10.5 Å². The van der Waals surface area contributed by atoms with E-state index in [-0.39, 0.29) is 0 Å². The highest BCUT2D eigenvalue weighted by Crippen LogP contribution is 2.40. The third-order valence-corrected chi connectivity index (χ3v) is 6.10. The van der Waals surface area contributed by atoms with Gasteiger partial charge in [-0.1, -0.05) is 5.57 Å². The molecule has 0 aromatic heterocycles. The van der Waals surface area contributed by atoms with Gasteiger partial charge in [0.15, 0.2) is 0 Å². The van der Waals surface area contributed by atoms with Crippen molar-refractivity contribution in [2.24, 2.45) is 0 Å². The topological polar surface area (TPSA) is 35.2 Å². The summed E-state index contributed by atoms with van der Waals surface area (Å²) in [4.78, 5) is 0. The molecule has 2 aromatic carbocycles. The number of nitrogen functional groups attached to an aromatic ring is 1. The molecule has 0 radical (unpaired) electrons. The molecule has 0 amide bonds. The van der Waals surface area contributed by atoms with Gasteiger partial charge in [-0.25, -0.2) is 0 Å². The Hall–Kier alpha value is -2.22. The first-order valence-corrected chi connectivity index (χ1v) is 9.10. The molecule has 0 saturated heterocycles. The molecule has 5 rings (SSSR count). The molecule has 1 aliphatic heterocycles. The van der Waals surface area contributed by atoms with E-state index in [1.807, 2.05) is 6.07 Å². The number of benzene rings is 2. The normalized spacial score (nSPS) is 17.8. The van der Waals surface area contributed by atoms with E-state index in [0.717, 1.165) is 29.2 Å². The van der Waals surface area contributed by atoms with E-state index in [0.29, 0.717) is 0 Å². The fourth-order valence-electron chi connectivity index (χ4n) is 4.78. The van der Waals surface area contributed by atoms with Crippen LogP contribution in [0.3, 0.4) is 0 Å². The quantitative estimate of drug-likeness (QED) is 0.752. The average Bonchev–Trinajstić information content (AvgIpc) is 2.60. The first-order valence-electron chi connectivity index (χ1n) is 9.10. The second kappa shape index (κ2) is 4.89. The van der Waals surface area contributed by atoms with Crippen molar-refractivity contribution in [2.75, 3.05) is 5.73 Å². The minimum Gasteiger partial charge on any atom is -0.455 e. The molecule has 1 heterocycles. The maximum atomic E-state index is 6.52. The molecule has 2 nitrogen and oxygen atoms in total. The summed E-state index contributed by atoms with van der Waals surface area (Å²) in [6.07, 6.45) is 7.43. The number of ether oxygens (including phenoxy) is 1. The zero-order valence-corrected chi connectivity index (χ0v) is 14.5. The number of hydrogen-bond acceptors (Lipinski definition) is 2. The van der Waals surface area contributed by atoms with Crippen molar-refractivity contribution >= 4 is 16.8 Å². The number of rotatable bonds is 0. The van der Waals surface area contributed by atoms with Gasteiger partial charge in [-0.2, -0.15) is 0 Å². The second-order valence-corrected chi connectivity index (χ2v) is 7.46. The molecular formula is C22H23NO. The van der Waals surface area contributed by atoms with E-state index < -0.39 is 0 Å². The monoisotopic (exact) mass is 317 g/mol. The van der Waals surface area contributed by atoms with Crippen LogP contribution in [0.2, 0.25) is 0 Å². The van der Waals surface area contributed by atoms with Crippen LogP contribution in [0.5, 0.6) is 11.5 Å². The molecular weight excluding hydrogens is 294 g/mol. The molecule has 2 aliphatic carbocycles. The van der Waals surface area contributed by atoms with E-state index in [1.54, 1.807) is 16.4 Å². The number of hydrogen-bond donors (Lipinski definition) is 1. The Balaban J connectivity index is 1.92. The van der Waals surface area contributed by atoms with Crippen molar-refractivity contribution in [3.8, 4) is 11.5 Å². The molecule has 0 atom stereocenters. The molecule has 2 N–H and O–H groups in total. The van der Waals surface area contributed by atoms with E-state index in [9.17, 15) is 0 Å². The van der Waals surface area contributed by atoms with Crippen molar-refractivity contribution in [3.05, 3.63) is 50.9 Å². The summed E-state index contributed by atoms with van der Waals surface area (Å²) in [6.45, 7) is 4.29. The van der Waals surface area contributed by atoms with Crippen molar-refractivity contribution in [1.29, 1.82) is 0 Å². The van der Waals surface area contributed by atoms with Crippen LogP contribution >= 0.6 is 0 Å². The molecule has 3 aliphatic rings. The average molecular weight is 317 g/mol. The van der Waals surface area contributed by atoms with Gasteiger partial charge >= 0.3 is 0 Å². The largest absolute Gasteiger partial charge is 0.455 e. The van der Waals surface area contributed by atoms with E-state index >= 15 is 0 Å². The Morgan fingerprint density at radius 2 is 1.75 bits per heavy atom. The van der Waals surface area contributed by atoms with E-state index in [1.165, 1.54) is 54.0 Å². The van der Waals surface area contributed by atoms with Gasteiger partial charge in [-0.15, -0.1) is 0 Å². The summed E-state index contributed by atoms with van der Waals surface area (Å²) in [5.74, 6) is 2.06. The van der Waals surface area contributed by atoms with Gasteiger partial charge in [0.1, 0.15) is 11.5 Å². The number of nitrogens with two attached hydrogens (primary N) is 1. The van der Waals surface area contributed by atoms with Gasteiger partial charge in [0, 0.05) is 27.6 Å². The van der Waals surface area contributed by atoms with Crippen LogP contribution in [-0.2, 0) is 12.8 Å². The fraction of sp³-hybridized carbons (Fsp3) is 0.364. The summed E-state index contributed by atoms with van der Waals surface area (Å²) in [7, 11) is 0. The molecule has 24 heavy (non-hydrogen) atoms. The molecule has 0 spiro atoms. The molecule has 0 unspecified atom stereocenters. The van der Waals surface area contributed by atoms with Crippen LogP contribution in [0, 0.1) is 6.92 Å². The summed E-state index contributed by atoms with van der Waals surface area (Å²) in [6, 6.07) is 6.52. The van der Waals surface area contributed by atoms with Gasteiger partial charge in [0.05, 0.1) is 0 Å². The lowest BCUT2D eigenvalue weighted by atomic mass is 9.81. The third kappa shape index (κ3) is 1.77. The lowest BCUT2D eigenvalue weighted by molar-refractivity contribution is 0.458. The van der Waals surface area contributed by atoms with Crippen LogP contribution in [0.1, 0.15) is 54.9 Å². The minimum atomic E-state index is 0.809. The van der Waals surface area contributed by atoms with Crippen molar-refractivity contribution in [1.82, 2.24) is 0 Å². The third-order valence-electron chi connectivity index (χ3n) is 6.10. The highest BCUT2D eigenvalue weighted by atomic mass is 16.5. The number of fused-ring (bicyclic) bond motifs is 3. The minimum absolute atomic E-state index is 0.809. The Morgan fingerprint density at radius 3 is 2.58 bits per heavy atom. The Kier molecular flexibility index (Phi) is 2.88. The van der Waals surface area contributed by atoms with Crippen molar-refractivity contribution in [2.45, 2.75) is 52.4 Å². The van der Waals surface area contributed by atoms with Crippen LogP contribution < -0.4 is 20.9 Å². The highest BCUT2D eigenvalue weighted by molar-refractivity contribution is 5.78. The Morgan fingerprint density at radius 1 is 0.958 bits per heavy atom. The van der Waals surface area contributed by atoms with Gasteiger partial charge in [-0.3, -0.25) is 0 Å². The molecule has 2 aromatic rings. The number of aryl methyl sites for hydroxylation is 1. The zero-order chi connectivity index (χ0) is 16.4. The van der Waals surface area contributed by atoms with Gasteiger partial charge in [0.2, 0.25) is 0 Å². The van der Waals surface area contributed by atoms with Crippen LogP contribution in [0.15, 0.2) is 18.2 Å². The maximum Gasteiger partial charge on any atom is 0.139 e. The van der Waals surface area contributed by atoms with E-state index in [4.69, 9.17) is 10.5 Å². The number of anilines is 1. The van der Waals surface area contributed by atoms with Crippen LogP contribution in [-0.4, -0.2) is 0 Å². The second-order valence-electron chi connectivity index (χ2n) is 7.46. The van der Waals surface area contributed by atoms with Crippen LogP contribution in [0.4, 0.5) is 5.69 Å². The molecule has 2 heteroatoms. The van der Waals surface area contributed by atoms with Crippen molar-refractivity contribution < 1.29 is 4.74 Å². The predicted molar refractivity (Wildman–Crippen MR) is 98.8 cm³/mol. The maximum absolute atomic E-state index is 6.52. The first kappa shape index (κ1) is 14.2. The molecule has 122 valence electrons. The SMILES string of the molecule is CC1=c2cc3c4c(c2Oc2c1ccc(N)c2C)CCCC=4CCC3. The van der Waals surface area contributed by atoms with Crippen molar-refractivity contribution in [3.63, 3.8) is 0 Å².